The van der Waals surface area contributed by atoms with E-state index in [1.807, 2.05) is 6.92 Å². The second-order valence-electron chi connectivity index (χ2n) is 6.92. The molecule has 3 rings (SSSR count). The maximum absolute atomic E-state index is 12.6. The normalized spacial score (nSPS) is 19.8. The van der Waals surface area contributed by atoms with Crippen LogP contribution in [0.4, 0.5) is 5.69 Å². The van der Waals surface area contributed by atoms with E-state index < -0.39 is 0 Å². The number of hydrogen-bond acceptors (Lipinski definition) is 4. The van der Waals surface area contributed by atoms with Crippen LogP contribution in [0.25, 0.3) is 0 Å². The summed E-state index contributed by atoms with van der Waals surface area (Å²) in [5.74, 6) is -0.0416. The second kappa shape index (κ2) is 8.57. The van der Waals surface area contributed by atoms with Crippen LogP contribution in [0.2, 0.25) is 10.0 Å². The molecular weight excluding hydrogens is 375 g/mol. The lowest BCUT2D eigenvalue weighted by Crippen LogP contribution is -2.54. The van der Waals surface area contributed by atoms with Crippen LogP contribution in [0.1, 0.15) is 19.8 Å². The monoisotopic (exact) mass is 398 g/mol. The van der Waals surface area contributed by atoms with Gasteiger partial charge in [-0.1, -0.05) is 29.3 Å². The SMILES string of the molecule is C[C@H](C(=O)Nc1c(Cl)cccc1Cl)N1CCN(CC(=O)NC2CC2)CC1. The summed E-state index contributed by atoms with van der Waals surface area (Å²) >= 11 is 12.2. The topological polar surface area (TPSA) is 64.7 Å². The van der Waals surface area contributed by atoms with Crippen molar-refractivity contribution >= 4 is 40.7 Å². The van der Waals surface area contributed by atoms with Gasteiger partial charge in [0.1, 0.15) is 0 Å². The lowest BCUT2D eigenvalue weighted by atomic mass is 10.2. The highest BCUT2D eigenvalue weighted by Crippen LogP contribution is 2.30. The first-order valence-electron chi connectivity index (χ1n) is 8.94. The molecule has 8 heteroatoms. The molecule has 1 atom stereocenters. The number of nitrogens with one attached hydrogen (secondary N) is 2. The van der Waals surface area contributed by atoms with Crippen LogP contribution in [0.3, 0.4) is 0 Å². The molecule has 1 heterocycles. The Morgan fingerprint density at radius 2 is 1.77 bits per heavy atom. The molecule has 1 aliphatic carbocycles. The molecule has 26 heavy (non-hydrogen) atoms. The van der Waals surface area contributed by atoms with Gasteiger partial charge in [0.15, 0.2) is 0 Å². The van der Waals surface area contributed by atoms with Gasteiger partial charge in [-0.2, -0.15) is 0 Å². The van der Waals surface area contributed by atoms with Crippen molar-refractivity contribution in [2.45, 2.75) is 31.8 Å². The number of carbonyl (C=O) groups is 2. The molecule has 0 spiro atoms. The minimum absolute atomic E-state index is 0.0973. The largest absolute Gasteiger partial charge is 0.352 e. The molecule has 1 saturated carbocycles. The summed E-state index contributed by atoms with van der Waals surface area (Å²) in [6, 6.07) is 5.22. The highest BCUT2D eigenvalue weighted by Gasteiger charge is 2.28. The van der Waals surface area contributed by atoms with Gasteiger partial charge in [-0.25, -0.2) is 0 Å². The zero-order chi connectivity index (χ0) is 18.7. The standard InChI is InChI=1S/C18H24Cl2N4O2/c1-12(18(26)22-17-14(19)3-2-4-15(17)20)24-9-7-23(8-10-24)11-16(25)21-13-5-6-13/h2-4,12-13H,5-11H2,1H3,(H,21,25)(H,22,26)/t12-/m1/s1. The number of para-hydroxylation sites is 1. The quantitative estimate of drug-likeness (QED) is 0.770. The molecule has 1 aromatic rings. The Labute approximate surface area is 163 Å². The van der Waals surface area contributed by atoms with Gasteiger partial charge in [-0.15, -0.1) is 0 Å². The zero-order valence-electron chi connectivity index (χ0n) is 14.8. The van der Waals surface area contributed by atoms with Crippen molar-refractivity contribution in [1.82, 2.24) is 15.1 Å². The third-order valence-corrected chi connectivity index (χ3v) is 5.48. The number of amides is 2. The van der Waals surface area contributed by atoms with Crippen LogP contribution >= 0.6 is 23.2 Å². The van der Waals surface area contributed by atoms with Gasteiger partial charge in [-0.05, 0) is 31.9 Å². The number of rotatable bonds is 6. The molecule has 2 N–H and O–H groups in total. The van der Waals surface area contributed by atoms with Gasteiger partial charge in [0.25, 0.3) is 0 Å². The van der Waals surface area contributed by atoms with E-state index in [2.05, 4.69) is 20.4 Å². The summed E-state index contributed by atoms with van der Waals surface area (Å²) in [5.41, 5.74) is 0.447. The van der Waals surface area contributed by atoms with Gasteiger partial charge in [0.2, 0.25) is 11.8 Å². The Morgan fingerprint density at radius 3 is 2.35 bits per heavy atom. The number of nitrogens with zero attached hydrogens (tertiary/aromatic N) is 2. The summed E-state index contributed by atoms with van der Waals surface area (Å²) in [6.45, 7) is 5.31. The maximum atomic E-state index is 12.6. The Morgan fingerprint density at radius 1 is 1.15 bits per heavy atom. The highest BCUT2D eigenvalue weighted by atomic mass is 35.5. The minimum atomic E-state index is -0.301. The number of halogens is 2. The van der Waals surface area contributed by atoms with E-state index in [1.165, 1.54) is 0 Å². The first-order chi connectivity index (χ1) is 12.4. The van der Waals surface area contributed by atoms with Crippen LogP contribution in [0.5, 0.6) is 0 Å². The molecule has 142 valence electrons. The number of hydrogen-bond donors (Lipinski definition) is 2. The third kappa shape index (κ3) is 5.10. The van der Waals surface area contributed by atoms with E-state index in [1.54, 1.807) is 18.2 Å². The smallest absolute Gasteiger partial charge is 0.241 e. The lowest BCUT2D eigenvalue weighted by Gasteiger charge is -2.37. The third-order valence-electron chi connectivity index (χ3n) is 4.85. The highest BCUT2D eigenvalue weighted by molar-refractivity contribution is 6.39. The van der Waals surface area contributed by atoms with E-state index in [-0.39, 0.29) is 17.9 Å². The predicted molar refractivity (Wildman–Crippen MR) is 104 cm³/mol. The summed E-state index contributed by atoms with van der Waals surface area (Å²) < 4.78 is 0. The van der Waals surface area contributed by atoms with Crippen LogP contribution in [0, 0.1) is 0 Å². The fourth-order valence-electron chi connectivity index (χ4n) is 3.02. The first-order valence-corrected chi connectivity index (χ1v) is 9.70. The molecule has 6 nitrogen and oxygen atoms in total. The molecule has 0 radical (unpaired) electrons. The van der Waals surface area contributed by atoms with E-state index in [9.17, 15) is 9.59 Å². The maximum Gasteiger partial charge on any atom is 0.241 e. The van der Waals surface area contributed by atoms with E-state index in [0.29, 0.717) is 28.3 Å². The van der Waals surface area contributed by atoms with E-state index in [4.69, 9.17) is 23.2 Å². The van der Waals surface area contributed by atoms with Gasteiger partial charge < -0.3 is 10.6 Å². The van der Waals surface area contributed by atoms with Crippen molar-refractivity contribution in [3.05, 3.63) is 28.2 Å². The lowest BCUT2D eigenvalue weighted by molar-refractivity contribution is -0.124. The van der Waals surface area contributed by atoms with E-state index in [0.717, 1.165) is 39.0 Å². The second-order valence-corrected chi connectivity index (χ2v) is 7.73. The van der Waals surface area contributed by atoms with Gasteiger partial charge >= 0.3 is 0 Å². The number of carbonyl (C=O) groups excluding carboxylic acids is 2. The molecule has 2 fully saturated rings. The molecule has 1 saturated heterocycles. The van der Waals surface area contributed by atoms with Crippen molar-refractivity contribution in [3.63, 3.8) is 0 Å². The Hall–Kier alpha value is -1.34. The summed E-state index contributed by atoms with van der Waals surface area (Å²) in [4.78, 5) is 28.7. The Kier molecular flexibility index (Phi) is 6.40. The fourth-order valence-corrected chi connectivity index (χ4v) is 3.52. The van der Waals surface area contributed by atoms with Crippen LogP contribution in [-0.4, -0.2) is 66.4 Å². The molecular formula is C18H24Cl2N4O2. The number of benzene rings is 1. The van der Waals surface area contributed by atoms with Gasteiger partial charge in [0, 0.05) is 32.2 Å². The first kappa shape index (κ1) is 19.4. The van der Waals surface area contributed by atoms with Crippen molar-refractivity contribution < 1.29 is 9.59 Å². The molecule has 1 aromatic carbocycles. The van der Waals surface area contributed by atoms with Gasteiger partial charge in [0.05, 0.1) is 28.3 Å². The average Bonchev–Trinajstić information content (AvgIpc) is 3.42. The number of piperazine rings is 1. The van der Waals surface area contributed by atoms with Crippen molar-refractivity contribution in [2.24, 2.45) is 0 Å². The molecule has 0 unspecified atom stereocenters. The van der Waals surface area contributed by atoms with Gasteiger partial charge in [-0.3, -0.25) is 19.4 Å². The molecule has 0 bridgehead atoms. The summed E-state index contributed by atoms with van der Waals surface area (Å²) in [5, 5.41) is 6.67. The van der Waals surface area contributed by atoms with Crippen molar-refractivity contribution in [3.8, 4) is 0 Å². The predicted octanol–water partition coefficient (Wildman–Crippen LogP) is 2.22. The minimum Gasteiger partial charge on any atom is -0.352 e. The van der Waals surface area contributed by atoms with Crippen LogP contribution in [0.15, 0.2) is 18.2 Å². The Bertz CT molecular complexity index is 653. The molecule has 2 amide bonds. The average molecular weight is 399 g/mol. The number of anilines is 1. The zero-order valence-corrected chi connectivity index (χ0v) is 16.3. The molecule has 1 aliphatic heterocycles. The van der Waals surface area contributed by atoms with Crippen molar-refractivity contribution in [1.29, 1.82) is 0 Å². The Balaban J connectivity index is 1.47. The van der Waals surface area contributed by atoms with Crippen molar-refractivity contribution in [2.75, 3.05) is 38.0 Å². The molecule has 2 aliphatic rings. The van der Waals surface area contributed by atoms with E-state index >= 15 is 0 Å². The molecule has 0 aromatic heterocycles. The summed E-state index contributed by atoms with van der Waals surface area (Å²) in [7, 11) is 0. The van der Waals surface area contributed by atoms with Crippen LogP contribution in [-0.2, 0) is 9.59 Å². The van der Waals surface area contributed by atoms with Crippen LogP contribution < -0.4 is 10.6 Å². The fraction of sp³-hybridized carbons (Fsp3) is 0.556. The summed E-state index contributed by atoms with van der Waals surface area (Å²) in [6.07, 6.45) is 2.20.